The number of rotatable bonds is 6. The highest BCUT2D eigenvalue weighted by atomic mass is 15.3. The average Bonchev–Trinajstić information content (AvgIpc) is 2.72. The second-order valence-corrected chi connectivity index (χ2v) is 4.97. The van der Waals surface area contributed by atoms with E-state index in [0.29, 0.717) is 0 Å². The van der Waals surface area contributed by atoms with Crippen molar-refractivity contribution in [3.8, 4) is 0 Å². The lowest BCUT2D eigenvalue weighted by atomic mass is 10.2. The van der Waals surface area contributed by atoms with Crippen molar-refractivity contribution in [1.82, 2.24) is 25.0 Å². The third-order valence-corrected chi connectivity index (χ3v) is 3.18. The van der Waals surface area contributed by atoms with Gasteiger partial charge in [0.2, 0.25) is 0 Å². The molecule has 1 aromatic rings. The summed E-state index contributed by atoms with van der Waals surface area (Å²) in [5.74, 6) is 2.27. The first-order valence-corrected chi connectivity index (χ1v) is 6.54. The van der Waals surface area contributed by atoms with Crippen LogP contribution >= 0.6 is 0 Å². The van der Waals surface area contributed by atoms with Crippen LogP contribution in [0.3, 0.4) is 0 Å². The zero-order chi connectivity index (χ0) is 12.1. The summed E-state index contributed by atoms with van der Waals surface area (Å²) < 4.78 is 2.28. The van der Waals surface area contributed by atoms with Crippen LogP contribution in [0.25, 0.3) is 0 Å². The zero-order valence-electron chi connectivity index (χ0n) is 10.9. The number of nitrogens with one attached hydrogen (secondary N) is 1. The molecule has 0 atom stereocenters. The van der Waals surface area contributed by atoms with E-state index in [2.05, 4.69) is 39.1 Å². The molecule has 0 unspecified atom stereocenters. The highest BCUT2D eigenvalue weighted by Crippen LogP contribution is 2.13. The van der Waals surface area contributed by atoms with Gasteiger partial charge < -0.3 is 14.8 Å². The van der Waals surface area contributed by atoms with E-state index in [4.69, 9.17) is 0 Å². The first-order chi connectivity index (χ1) is 8.27. The molecule has 0 radical (unpaired) electrons. The molecule has 5 heteroatoms. The standard InChI is InChI=1S/C12H23N5/c1-16(2)8-5-7-13-10-12-15-14-11-6-3-4-9-17(11)12/h13H,3-10H2,1-2H3. The highest BCUT2D eigenvalue weighted by Gasteiger charge is 2.14. The third kappa shape index (κ3) is 3.51. The second-order valence-electron chi connectivity index (χ2n) is 4.97. The number of hydrogen-bond donors (Lipinski definition) is 1. The maximum Gasteiger partial charge on any atom is 0.147 e. The Kier molecular flexibility index (Phi) is 4.50. The molecule has 96 valence electrons. The van der Waals surface area contributed by atoms with Crippen molar-refractivity contribution < 1.29 is 0 Å². The Morgan fingerprint density at radius 1 is 1.29 bits per heavy atom. The number of aryl methyl sites for hydroxylation is 1. The Balaban J connectivity index is 1.74. The van der Waals surface area contributed by atoms with Crippen LogP contribution < -0.4 is 5.32 Å². The molecule has 1 aromatic heterocycles. The minimum atomic E-state index is 0.848. The van der Waals surface area contributed by atoms with Gasteiger partial charge in [0, 0.05) is 13.0 Å². The summed E-state index contributed by atoms with van der Waals surface area (Å²) in [6, 6.07) is 0. The molecule has 1 N–H and O–H groups in total. The number of fused-ring (bicyclic) bond motifs is 1. The molecule has 0 bridgehead atoms. The van der Waals surface area contributed by atoms with Gasteiger partial charge >= 0.3 is 0 Å². The Labute approximate surface area is 103 Å². The van der Waals surface area contributed by atoms with Crippen LogP contribution in [0.5, 0.6) is 0 Å². The summed E-state index contributed by atoms with van der Waals surface area (Å²) in [5, 5.41) is 12.0. The van der Waals surface area contributed by atoms with E-state index in [1.54, 1.807) is 0 Å². The Bertz CT molecular complexity index is 345. The predicted octanol–water partition coefficient (Wildman–Crippen LogP) is 0.656. The van der Waals surface area contributed by atoms with Gasteiger partial charge in [-0.25, -0.2) is 0 Å². The van der Waals surface area contributed by atoms with Crippen molar-refractivity contribution in [1.29, 1.82) is 0 Å². The van der Waals surface area contributed by atoms with E-state index in [-0.39, 0.29) is 0 Å². The summed E-state index contributed by atoms with van der Waals surface area (Å²) >= 11 is 0. The maximum absolute atomic E-state index is 4.27. The van der Waals surface area contributed by atoms with Crippen LogP contribution in [-0.2, 0) is 19.5 Å². The van der Waals surface area contributed by atoms with E-state index in [1.165, 1.54) is 25.1 Å². The molecule has 0 spiro atoms. The van der Waals surface area contributed by atoms with Gasteiger partial charge in [-0.3, -0.25) is 0 Å². The number of hydrogen-bond acceptors (Lipinski definition) is 4. The van der Waals surface area contributed by atoms with Crippen LogP contribution in [0, 0.1) is 0 Å². The number of aromatic nitrogens is 3. The van der Waals surface area contributed by atoms with Crippen LogP contribution in [0.4, 0.5) is 0 Å². The van der Waals surface area contributed by atoms with Gasteiger partial charge in [-0.15, -0.1) is 10.2 Å². The largest absolute Gasteiger partial charge is 0.314 e. The molecule has 1 aliphatic rings. The monoisotopic (exact) mass is 237 g/mol. The molecule has 0 aliphatic carbocycles. The molecule has 2 heterocycles. The predicted molar refractivity (Wildman–Crippen MR) is 67.8 cm³/mol. The lowest BCUT2D eigenvalue weighted by molar-refractivity contribution is 0.393. The topological polar surface area (TPSA) is 46.0 Å². The minimum absolute atomic E-state index is 0.848. The Hall–Kier alpha value is -0.940. The van der Waals surface area contributed by atoms with Gasteiger partial charge in [0.25, 0.3) is 0 Å². The maximum atomic E-state index is 4.27. The zero-order valence-corrected chi connectivity index (χ0v) is 10.9. The van der Waals surface area contributed by atoms with Gasteiger partial charge in [-0.05, 0) is 46.4 Å². The summed E-state index contributed by atoms with van der Waals surface area (Å²) in [6.07, 6.45) is 4.79. The van der Waals surface area contributed by atoms with E-state index in [9.17, 15) is 0 Å². The lowest BCUT2D eigenvalue weighted by Gasteiger charge is -2.15. The molecule has 0 saturated heterocycles. The van der Waals surface area contributed by atoms with E-state index >= 15 is 0 Å². The molecular weight excluding hydrogens is 214 g/mol. The highest BCUT2D eigenvalue weighted by molar-refractivity contribution is 4.98. The molecule has 0 amide bonds. The Morgan fingerprint density at radius 2 is 2.18 bits per heavy atom. The average molecular weight is 237 g/mol. The fourth-order valence-electron chi connectivity index (χ4n) is 2.22. The SMILES string of the molecule is CN(C)CCCNCc1nnc2n1CCCC2. The second kappa shape index (κ2) is 6.12. The van der Waals surface area contributed by atoms with Crippen molar-refractivity contribution in [3.05, 3.63) is 11.6 Å². The van der Waals surface area contributed by atoms with Crippen molar-refractivity contribution >= 4 is 0 Å². The third-order valence-electron chi connectivity index (χ3n) is 3.18. The van der Waals surface area contributed by atoms with Crippen LogP contribution in [-0.4, -0.2) is 46.8 Å². The normalized spacial score (nSPS) is 15.2. The molecular formula is C12H23N5. The van der Waals surface area contributed by atoms with Crippen molar-refractivity contribution in [2.24, 2.45) is 0 Å². The molecule has 17 heavy (non-hydrogen) atoms. The van der Waals surface area contributed by atoms with Crippen molar-refractivity contribution in [2.45, 2.75) is 38.8 Å². The molecule has 2 rings (SSSR count). The molecule has 0 fully saturated rings. The van der Waals surface area contributed by atoms with Gasteiger partial charge in [-0.2, -0.15) is 0 Å². The summed E-state index contributed by atoms with van der Waals surface area (Å²) in [4.78, 5) is 2.21. The molecule has 5 nitrogen and oxygen atoms in total. The molecule has 0 aromatic carbocycles. The van der Waals surface area contributed by atoms with Crippen LogP contribution in [0.2, 0.25) is 0 Å². The van der Waals surface area contributed by atoms with Gasteiger partial charge in [-0.1, -0.05) is 0 Å². The minimum Gasteiger partial charge on any atom is -0.314 e. The summed E-state index contributed by atoms with van der Waals surface area (Å²) in [7, 11) is 4.21. The first kappa shape index (κ1) is 12.5. The molecule has 0 saturated carbocycles. The lowest BCUT2D eigenvalue weighted by Crippen LogP contribution is -2.23. The van der Waals surface area contributed by atoms with E-state index in [0.717, 1.165) is 38.4 Å². The summed E-state index contributed by atoms with van der Waals surface area (Å²) in [6.45, 7) is 4.11. The van der Waals surface area contributed by atoms with Gasteiger partial charge in [0.1, 0.15) is 11.6 Å². The first-order valence-electron chi connectivity index (χ1n) is 6.54. The fourth-order valence-corrected chi connectivity index (χ4v) is 2.22. The smallest absolute Gasteiger partial charge is 0.147 e. The van der Waals surface area contributed by atoms with Gasteiger partial charge in [0.15, 0.2) is 0 Å². The number of nitrogens with zero attached hydrogens (tertiary/aromatic N) is 4. The van der Waals surface area contributed by atoms with Gasteiger partial charge in [0.05, 0.1) is 6.54 Å². The van der Waals surface area contributed by atoms with E-state index in [1.807, 2.05) is 0 Å². The Morgan fingerprint density at radius 3 is 3.00 bits per heavy atom. The summed E-state index contributed by atoms with van der Waals surface area (Å²) in [5.41, 5.74) is 0. The van der Waals surface area contributed by atoms with Crippen molar-refractivity contribution in [3.63, 3.8) is 0 Å². The van der Waals surface area contributed by atoms with Crippen LogP contribution in [0.1, 0.15) is 30.9 Å². The van der Waals surface area contributed by atoms with E-state index < -0.39 is 0 Å². The molecule has 1 aliphatic heterocycles. The van der Waals surface area contributed by atoms with Crippen molar-refractivity contribution in [2.75, 3.05) is 27.2 Å². The quantitative estimate of drug-likeness (QED) is 0.738. The van der Waals surface area contributed by atoms with Crippen LogP contribution in [0.15, 0.2) is 0 Å². The fraction of sp³-hybridized carbons (Fsp3) is 0.833.